The molecule has 0 aliphatic carbocycles. The van der Waals surface area contributed by atoms with Crippen LogP contribution in [0.5, 0.6) is 0 Å². The van der Waals surface area contributed by atoms with Crippen LogP contribution in [0, 0.1) is 0 Å². The number of thioether (sulfide) groups is 1. The Hall–Kier alpha value is -1.01. The van der Waals surface area contributed by atoms with E-state index < -0.39 is 0 Å². The lowest BCUT2D eigenvalue weighted by molar-refractivity contribution is 0.756. The van der Waals surface area contributed by atoms with Crippen molar-refractivity contribution in [2.45, 2.75) is 33.2 Å². The molecule has 2 aromatic heterocycles. The van der Waals surface area contributed by atoms with E-state index in [1.54, 1.807) is 11.3 Å². The van der Waals surface area contributed by atoms with Gasteiger partial charge >= 0.3 is 0 Å². The van der Waals surface area contributed by atoms with Gasteiger partial charge in [-0.15, -0.1) is 11.3 Å². The largest absolute Gasteiger partial charge is 0.355 e. The first-order chi connectivity index (χ1) is 10.1. The topological polar surface area (TPSA) is 41.1 Å². The Labute approximate surface area is 135 Å². The van der Waals surface area contributed by atoms with Crippen molar-refractivity contribution in [3.05, 3.63) is 10.9 Å². The first-order valence-electron chi connectivity index (χ1n) is 7.36. The van der Waals surface area contributed by atoms with E-state index in [2.05, 4.69) is 55.3 Å². The summed E-state index contributed by atoms with van der Waals surface area (Å²) in [5, 5.41) is 4.42. The van der Waals surface area contributed by atoms with E-state index in [9.17, 15) is 0 Å². The number of anilines is 2. The third-order valence-electron chi connectivity index (χ3n) is 3.51. The van der Waals surface area contributed by atoms with Gasteiger partial charge in [0.2, 0.25) is 5.95 Å². The van der Waals surface area contributed by atoms with Gasteiger partial charge in [-0.25, -0.2) is 4.98 Å². The Morgan fingerprint density at radius 1 is 1.38 bits per heavy atom. The quantitative estimate of drug-likeness (QED) is 0.837. The van der Waals surface area contributed by atoms with E-state index in [1.807, 2.05) is 11.8 Å². The Balaban J connectivity index is 2.49. The van der Waals surface area contributed by atoms with Crippen molar-refractivity contribution in [1.82, 2.24) is 9.97 Å². The molecule has 1 unspecified atom stereocenters. The smallest absolute Gasteiger partial charge is 0.226 e. The lowest BCUT2D eigenvalue weighted by atomic mass is 10.2. The number of hydrogen-bond acceptors (Lipinski definition) is 6. The molecule has 0 saturated carbocycles. The molecule has 0 saturated heterocycles. The Kier molecular flexibility index (Phi) is 5.70. The molecule has 2 rings (SSSR count). The summed E-state index contributed by atoms with van der Waals surface area (Å²) >= 11 is 3.64. The zero-order valence-electron chi connectivity index (χ0n) is 13.4. The van der Waals surface area contributed by atoms with Gasteiger partial charge < -0.3 is 10.2 Å². The molecule has 6 heteroatoms. The van der Waals surface area contributed by atoms with E-state index >= 15 is 0 Å². The highest BCUT2D eigenvalue weighted by atomic mass is 32.2. The van der Waals surface area contributed by atoms with E-state index in [0.717, 1.165) is 35.3 Å². The number of aromatic nitrogens is 2. The van der Waals surface area contributed by atoms with Crippen molar-refractivity contribution < 1.29 is 0 Å². The predicted molar refractivity (Wildman–Crippen MR) is 97.2 cm³/mol. The lowest BCUT2D eigenvalue weighted by Gasteiger charge is -2.26. The highest BCUT2D eigenvalue weighted by molar-refractivity contribution is 7.98. The SMILES string of the molecule is CCNc1nc(N(C)C(C)CSC)c2cc(CC)sc2n1. The minimum Gasteiger partial charge on any atom is -0.355 e. The van der Waals surface area contributed by atoms with Crippen LogP contribution < -0.4 is 10.2 Å². The van der Waals surface area contributed by atoms with Gasteiger partial charge in [-0.3, -0.25) is 0 Å². The number of hydrogen-bond donors (Lipinski definition) is 1. The van der Waals surface area contributed by atoms with Crippen LogP contribution >= 0.6 is 23.1 Å². The number of rotatable bonds is 7. The van der Waals surface area contributed by atoms with Crippen LogP contribution in [0.1, 0.15) is 25.6 Å². The first-order valence-corrected chi connectivity index (χ1v) is 9.57. The van der Waals surface area contributed by atoms with Crippen molar-refractivity contribution >= 4 is 45.1 Å². The third kappa shape index (κ3) is 3.61. The third-order valence-corrected chi connectivity index (χ3v) is 5.50. The normalized spacial score (nSPS) is 12.6. The monoisotopic (exact) mass is 324 g/mol. The maximum Gasteiger partial charge on any atom is 0.226 e. The van der Waals surface area contributed by atoms with Gasteiger partial charge in [0.15, 0.2) is 0 Å². The molecule has 0 spiro atoms. The molecule has 0 aliphatic rings. The molecule has 2 heterocycles. The average molecular weight is 325 g/mol. The summed E-state index contributed by atoms with van der Waals surface area (Å²) in [5.41, 5.74) is 0. The number of nitrogens with zero attached hydrogens (tertiary/aromatic N) is 3. The van der Waals surface area contributed by atoms with Crippen molar-refractivity contribution in [3.8, 4) is 0 Å². The number of thiophene rings is 1. The van der Waals surface area contributed by atoms with Gasteiger partial charge in [-0.05, 0) is 32.6 Å². The van der Waals surface area contributed by atoms with Crippen molar-refractivity contribution in [3.63, 3.8) is 0 Å². The number of fused-ring (bicyclic) bond motifs is 1. The minimum absolute atomic E-state index is 0.442. The Morgan fingerprint density at radius 3 is 2.76 bits per heavy atom. The second kappa shape index (κ2) is 7.31. The van der Waals surface area contributed by atoms with Crippen LogP contribution in [0.2, 0.25) is 0 Å². The highest BCUT2D eigenvalue weighted by Gasteiger charge is 2.17. The molecule has 0 amide bonds. The van der Waals surface area contributed by atoms with E-state index in [1.165, 1.54) is 10.3 Å². The molecule has 2 aromatic rings. The van der Waals surface area contributed by atoms with Crippen LogP contribution in [0.3, 0.4) is 0 Å². The zero-order valence-corrected chi connectivity index (χ0v) is 15.1. The average Bonchev–Trinajstić information content (AvgIpc) is 2.89. The molecule has 0 aromatic carbocycles. The van der Waals surface area contributed by atoms with Gasteiger partial charge in [-0.1, -0.05) is 6.92 Å². The molecule has 116 valence electrons. The first kappa shape index (κ1) is 16.4. The number of aryl methyl sites for hydroxylation is 1. The summed E-state index contributed by atoms with van der Waals surface area (Å²) in [5.74, 6) is 2.85. The van der Waals surface area contributed by atoms with Crippen LogP contribution in [-0.2, 0) is 6.42 Å². The molecule has 0 aliphatic heterocycles. The van der Waals surface area contributed by atoms with Gasteiger partial charge in [0, 0.05) is 30.3 Å². The van der Waals surface area contributed by atoms with Gasteiger partial charge in [0.25, 0.3) is 0 Å². The fourth-order valence-corrected chi connectivity index (χ4v) is 3.87. The molecular weight excluding hydrogens is 300 g/mol. The molecule has 0 bridgehead atoms. The van der Waals surface area contributed by atoms with Gasteiger partial charge in [-0.2, -0.15) is 16.7 Å². The van der Waals surface area contributed by atoms with Gasteiger partial charge in [0.1, 0.15) is 10.6 Å². The number of nitrogens with one attached hydrogen (secondary N) is 1. The van der Waals surface area contributed by atoms with Crippen LogP contribution in [-0.4, -0.2) is 41.6 Å². The van der Waals surface area contributed by atoms with E-state index in [-0.39, 0.29) is 0 Å². The van der Waals surface area contributed by atoms with Gasteiger partial charge in [0.05, 0.1) is 5.39 Å². The van der Waals surface area contributed by atoms with Crippen LogP contribution in [0.15, 0.2) is 6.07 Å². The molecule has 1 N–H and O–H groups in total. The van der Waals surface area contributed by atoms with Crippen LogP contribution in [0.4, 0.5) is 11.8 Å². The minimum atomic E-state index is 0.442. The maximum absolute atomic E-state index is 4.74. The Bertz CT molecular complexity index is 597. The van der Waals surface area contributed by atoms with Crippen LogP contribution in [0.25, 0.3) is 10.2 Å². The molecule has 4 nitrogen and oxygen atoms in total. The summed E-state index contributed by atoms with van der Waals surface area (Å²) < 4.78 is 0. The molecule has 21 heavy (non-hydrogen) atoms. The van der Waals surface area contributed by atoms with Crippen molar-refractivity contribution in [1.29, 1.82) is 0 Å². The summed E-state index contributed by atoms with van der Waals surface area (Å²) in [6.45, 7) is 7.33. The lowest BCUT2D eigenvalue weighted by Crippen LogP contribution is -2.31. The van der Waals surface area contributed by atoms with E-state index in [4.69, 9.17) is 4.98 Å². The molecule has 1 atom stereocenters. The summed E-state index contributed by atoms with van der Waals surface area (Å²) in [4.78, 5) is 14.1. The highest BCUT2D eigenvalue weighted by Crippen LogP contribution is 2.32. The second-order valence-corrected chi connectivity index (χ2v) is 7.13. The Morgan fingerprint density at radius 2 is 2.14 bits per heavy atom. The summed E-state index contributed by atoms with van der Waals surface area (Å²) in [6.07, 6.45) is 3.19. The molecular formula is C15H24N4S2. The molecule has 0 fully saturated rings. The zero-order chi connectivity index (χ0) is 15.4. The maximum atomic E-state index is 4.74. The second-order valence-electron chi connectivity index (χ2n) is 5.10. The van der Waals surface area contributed by atoms with E-state index in [0.29, 0.717) is 6.04 Å². The summed E-state index contributed by atoms with van der Waals surface area (Å²) in [6, 6.07) is 2.69. The molecule has 0 radical (unpaired) electrons. The van der Waals surface area contributed by atoms with Crippen molar-refractivity contribution in [2.75, 3.05) is 35.8 Å². The predicted octanol–water partition coefficient (Wildman–Crippen LogP) is 3.87. The summed E-state index contributed by atoms with van der Waals surface area (Å²) in [7, 11) is 2.13. The standard InChI is InChI=1S/C15H24N4S2/c1-6-11-8-12-13(19(4)10(3)9-20-5)17-15(16-7-2)18-14(12)21-11/h8,10H,6-7,9H2,1-5H3,(H,16,17,18). The fraction of sp³-hybridized carbons (Fsp3) is 0.600. The van der Waals surface area contributed by atoms with Crippen molar-refractivity contribution in [2.24, 2.45) is 0 Å². The fourth-order valence-electron chi connectivity index (χ4n) is 2.20.